The normalized spacial score (nSPS) is 21.2. The summed E-state index contributed by atoms with van der Waals surface area (Å²) in [5.41, 5.74) is 3.65. The minimum absolute atomic E-state index is 0.202. The number of β-amino-alcohol motifs (C(OH)–C–C–N with tert-alkyl or cyclic N) is 1. The van der Waals surface area contributed by atoms with Crippen molar-refractivity contribution in [3.05, 3.63) is 65.2 Å². The molecule has 2 aromatic carbocycles. The number of aliphatic hydroxyl groups is 1. The Hall–Kier alpha value is -1.77. The lowest BCUT2D eigenvalue weighted by molar-refractivity contribution is 0.0906. The van der Waals surface area contributed by atoms with Gasteiger partial charge < -0.3 is 10.4 Å². The van der Waals surface area contributed by atoms with E-state index in [1.54, 1.807) is 12.1 Å². The van der Waals surface area contributed by atoms with E-state index < -0.39 is 22.2 Å². The molecule has 0 aliphatic carbocycles. The SMILES string of the molecule is Cc1ccc(S(=O)(=O)N2CCCC2C(O)CNC(C)(C)CN2CCc3ccccc3C2)cc1. The van der Waals surface area contributed by atoms with Crippen LogP contribution < -0.4 is 5.32 Å². The summed E-state index contributed by atoms with van der Waals surface area (Å²) < 4.78 is 27.9. The Morgan fingerprint density at radius 1 is 1.09 bits per heavy atom. The predicted molar refractivity (Wildman–Crippen MR) is 132 cm³/mol. The van der Waals surface area contributed by atoms with E-state index in [1.165, 1.54) is 15.4 Å². The van der Waals surface area contributed by atoms with E-state index in [0.717, 1.165) is 38.0 Å². The van der Waals surface area contributed by atoms with Crippen LogP contribution >= 0.6 is 0 Å². The molecule has 2 heterocycles. The molecule has 7 heteroatoms. The van der Waals surface area contributed by atoms with Crippen molar-refractivity contribution in [1.82, 2.24) is 14.5 Å². The summed E-state index contributed by atoms with van der Waals surface area (Å²) in [6.07, 6.45) is 1.75. The van der Waals surface area contributed by atoms with Crippen LogP contribution in [-0.2, 0) is 23.0 Å². The summed E-state index contributed by atoms with van der Waals surface area (Å²) in [5.74, 6) is 0. The van der Waals surface area contributed by atoms with Gasteiger partial charge in [-0.15, -0.1) is 0 Å². The van der Waals surface area contributed by atoms with Gasteiger partial charge in [-0.3, -0.25) is 4.90 Å². The number of nitrogens with zero attached hydrogens (tertiary/aromatic N) is 2. The molecule has 1 saturated heterocycles. The molecule has 0 amide bonds. The highest BCUT2D eigenvalue weighted by Crippen LogP contribution is 2.28. The second kappa shape index (κ2) is 9.84. The number of aryl methyl sites for hydroxylation is 1. The van der Waals surface area contributed by atoms with E-state index in [-0.39, 0.29) is 5.54 Å². The van der Waals surface area contributed by atoms with Gasteiger partial charge in [0.2, 0.25) is 10.0 Å². The molecular formula is C26H37N3O3S. The van der Waals surface area contributed by atoms with Crippen molar-refractivity contribution in [1.29, 1.82) is 0 Å². The standard InChI is InChI=1S/C26H37N3O3S/c1-20-10-12-23(13-11-20)33(31,32)29-15-6-9-24(29)25(30)17-27-26(2,3)19-28-16-14-21-7-4-5-8-22(21)18-28/h4-5,7-8,10-13,24-25,27,30H,6,9,14-19H2,1-3H3. The molecule has 0 radical (unpaired) electrons. The van der Waals surface area contributed by atoms with E-state index >= 15 is 0 Å². The monoisotopic (exact) mass is 471 g/mol. The topological polar surface area (TPSA) is 72.9 Å². The quantitative estimate of drug-likeness (QED) is 0.619. The van der Waals surface area contributed by atoms with Crippen molar-refractivity contribution < 1.29 is 13.5 Å². The summed E-state index contributed by atoms with van der Waals surface area (Å²) in [6, 6.07) is 15.2. The van der Waals surface area contributed by atoms with Gasteiger partial charge in [0.1, 0.15) is 0 Å². The van der Waals surface area contributed by atoms with Gasteiger partial charge in [0.15, 0.2) is 0 Å². The van der Waals surface area contributed by atoms with Gasteiger partial charge in [-0.05, 0) is 63.3 Å². The summed E-state index contributed by atoms with van der Waals surface area (Å²) >= 11 is 0. The summed E-state index contributed by atoms with van der Waals surface area (Å²) in [4.78, 5) is 2.75. The lowest BCUT2D eigenvalue weighted by atomic mass is 9.97. The minimum atomic E-state index is -3.62. The first-order valence-electron chi connectivity index (χ1n) is 12.0. The van der Waals surface area contributed by atoms with Gasteiger partial charge in [-0.1, -0.05) is 42.0 Å². The van der Waals surface area contributed by atoms with Crippen LogP contribution in [0.5, 0.6) is 0 Å². The minimum Gasteiger partial charge on any atom is -0.390 e. The molecule has 4 rings (SSSR count). The Morgan fingerprint density at radius 3 is 2.52 bits per heavy atom. The van der Waals surface area contributed by atoms with Crippen molar-refractivity contribution >= 4 is 10.0 Å². The molecule has 2 N–H and O–H groups in total. The zero-order valence-corrected chi connectivity index (χ0v) is 20.8. The van der Waals surface area contributed by atoms with Crippen LogP contribution in [0, 0.1) is 6.92 Å². The fraction of sp³-hybridized carbons (Fsp3) is 0.538. The fourth-order valence-electron chi connectivity index (χ4n) is 5.12. The summed E-state index contributed by atoms with van der Waals surface area (Å²) in [7, 11) is -3.62. The van der Waals surface area contributed by atoms with E-state index in [1.807, 2.05) is 19.1 Å². The highest BCUT2D eigenvalue weighted by atomic mass is 32.2. The molecule has 2 aromatic rings. The number of sulfonamides is 1. The first-order chi connectivity index (χ1) is 15.7. The average molecular weight is 472 g/mol. The molecule has 0 spiro atoms. The number of aliphatic hydroxyl groups excluding tert-OH is 1. The van der Waals surface area contributed by atoms with Crippen LogP contribution in [0.3, 0.4) is 0 Å². The lowest BCUT2D eigenvalue weighted by Crippen LogP contribution is -2.54. The molecule has 6 nitrogen and oxygen atoms in total. The Morgan fingerprint density at radius 2 is 1.79 bits per heavy atom. The van der Waals surface area contributed by atoms with Gasteiger partial charge in [0.05, 0.1) is 17.0 Å². The van der Waals surface area contributed by atoms with Gasteiger partial charge >= 0.3 is 0 Å². The maximum atomic E-state index is 13.2. The molecule has 2 aliphatic heterocycles. The first kappa shape index (κ1) is 24.4. The van der Waals surface area contributed by atoms with Crippen molar-refractivity contribution in [2.75, 3.05) is 26.2 Å². The number of fused-ring (bicyclic) bond motifs is 1. The largest absolute Gasteiger partial charge is 0.390 e. The zero-order valence-electron chi connectivity index (χ0n) is 20.0. The van der Waals surface area contributed by atoms with Crippen LogP contribution in [0.2, 0.25) is 0 Å². The Kier molecular flexibility index (Phi) is 7.26. The van der Waals surface area contributed by atoms with E-state index in [4.69, 9.17) is 0 Å². The van der Waals surface area contributed by atoms with Gasteiger partial charge in [0, 0.05) is 38.3 Å². The molecule has 0 bridgehead atoms. The Labute approximate surface area is 198 Å². The maximum Gasteiger partial charge on any atom is 0.243 e. The van der Waals surface area contributed by atoms with Gasteiger partial charge in [-0.2, -0.15) is 4.31 Å². The number of nitrogens with one attached hydrogen (secondary N) is 1. The second-order valence-electron chi connectivity index (χ2n) is 10.2. The van der Waals surface area contributed by atoms with Gasteiger partial charge in [-0.25, -0.2) is 8.42 Å². The Bertz CT molecular complexity index is 1050. The maximum absolute atomic E-state index is 13.2. The third-order valence-corrected chi connectivity index (χ3v) is 8.88. The smallest absolute Gasteiger partial charge is 0.243 e. The number of hydrogen-bond donors (Lipinski definition) is 2. The second-order valence-corrected chi connectivity index (χ2v) is 12.1. The molecule has 2 unspecified atom stereocenters. The van der Waals surface area contributed by atoms with Crippen LogP contribution in [0.25, 0.3) is 0 Å². The molecule has 2 atom stereocenters. The third kappa shape index (κ3) is 5.66. The molecule has 180 valence electrons. The van der Waals surface area contributed by atoms with Crippen molar-refractivity contribution in [3.63, 3.8) is 0 Å². The van der Waals surface area contributed by atoms with Crippen LogP contribution in [0.1, 0.15) is 43.4 Å². The fourth-order valence-corrected chi connectivity index (χ4v) is 6.84. The molecular weight excluding hydrogens is 434 g/mol. The molecule has 2 aliphatic rings. The van der Waals surface area contributed by atoms with Crippen molar-refractivity contribution in [3.8, 4) is 0 Å². The molecule has 1 fully saturated rings. The van der Waals surface area contributed by atoms with Crippen molar-refractivity contribution in [2.24, 2.45) is 0 Å². The summed E-state index contributed by atoms with van der Waals surface area (Å²) in [5, 5.41) is 14.5. The number of benzene rings is 2. The molecule has 0 saturated carbocycles. The highest BCUT2D eigenvalue weighted by Gasteiger charge is 2.39. The molecule has 0 aromatic heterocycles. The van der Waals surface area contributed by atoms with Crippen molar-refractivity contribution in [2.45, 2.75) is 69.2 Å². The van der Waals surface area contributed by atoms with E-state index in [9.17, 15) is 13.5 Å². The van der Waals surface area contributed by atoms with E-state index in [0.29, 0.717) is 24.4 Å². The lowest BCUT2D eigenvalue weighted by Gasteiger charge is -2.37. The summed E-state index contributed by atoms with van der Waals surface area (Å²) in [6.45, 7) is 9.88. The van der Waals surface area contributed by atoms with Gasteiger partial charge in [0.25, 0.3) is 0 Å². The highest BCUT2D eigenvalue weighted by molar-refractivity contribution is 7.89. The predicted octanol–water partition coefficient (Wildman–Crippen LogP) is 2.94. The average Bonchev–Trinajstić information content (AvgIpc) is 3.29. The first-order valence-corrected chi connectivity index (χ1v) is 13.4. The number of hydrogen-bond acceptors (Lipinski definition) is 5. The van der Waals surface area contributed by atoms with Crippen LogP contribution in [-0.4, -0.2) is 66.6 Å². The Balaban J connectivity index is 1.35. The van der Waals surface area contributed by atoms with E-state index in [2.05, 4.69) is 48.3 Å². The molecule has 33 heavy (non-hydrogen) atoms. The zero-order chi connectivity index (χ0) is 23.6. The third-order valence-electron chi connectivity index (χ3n) is 6.94. The van der Waals surface area contributed by atoms with Crippen LogP contribution in [0.15, 0.2) is 53.4 Å². The number of rotatable bonds is 8. The van der Waals surface area contributed by atoms with Crippen LogP contribution in [0.4, 0.5) is 0 Å².